The smallest absolute Gasteiger partial charge is 0.126 e. The topological polar surface area (TPSA) is 44.5 Å². The Labute approximate surface area is 91.2 Å². The third kappa shape index (κ3) is 2.86. The van der Waals surface area contributed by atoms with Gasteiger partial charge in [-0.15, -0.1) is 0 Å². The van der Waals surface area contributed by atoms with E-state index in [1.165, 1.54) is 11.1 Å². The minimum absolute atomic E-state index is 0.632. The van der Waals surface area contributed by atoms with Gasteiger partial charge in [-0.25, -0.2) is 0 Å². The Bertz CT molecular complexity index is 324. The molecule has 1 rings (SSSR count). The lowest BCUT2D eigenvalue weighted by Gasteiger charge is -2.14. The molecule has 0 spiro atoms. The first kappa shape index (κ1) is 11.9. The van der Waals surface area contributed by atoms with Gasteiger partial charge in [-0.05, 0) is 44.0 Å². The van der Waals surface area contributed by atoms with Crippen molar-refractivity contribution in [1.29, 1.82) is 0 Å². The van der Waals surface area contributed by atoms with Gasteiger partial charge < -0.3 is 15.2 Å². The van der Waals surface area contributed by atoms with Crippen molar-refractivity contribution < 1.29 is 9.47 Å². The molecule has 0 heterocycles. The third-order valence-corrected chi connectivity index (χ3v) is 2.34. The van der Waals surface area contributed by atoms with Crippen LogP contribution in [-0.4, -0.2) is 20.3 Å². The summed E-state index contributed by atoms with van der Waals surface area (Å²) in [4.78, 5) is 0. The quantitative estimate of drug-likeness (QED) is 0.805. The fourth-order valence-corrected chi connectivity index (χ4v) is 1.62. The van der Waals surface area contributed by atoms with E-state index < -0.39 is 0 Å². The summed E-state index contributed by atoms with van der Waals surface area (Å²) in [5.41, 5.74) is 7.93. The summed E-state index contributed by atoms with van der Waals surface area (Å²) >= 11 is 0. The number of hydrogen-bond acceptors (Lipinski definition) is 3. The van der Waals surface area contributed by atoms with Crippen LogP contribution in [0.1, 0.15) is 18.1 Å². The highest BCUT2D eigenvalue weighted by Crippen LogP contribution is 2.28. The SMILES string of the molecule is CCOc1cc(OC)cc(C)c1CCN. The maximum absolute atomic E-state index is 5.58. The molecule has 1 aromatic carbocycles. The monoisotopic (exact) mass is 209 g/mol. The van der Waals surface area contributed by atoms with Crippen LogP contribution in [-0.2, 0) is 6.42 Å². The van der Waals surface area contributed by atoms with Crippen LogP contribution >= 0.6 is 0 Å². The van der Waals surface area contributed by atoms with Gasteiger partial charge >= 0.3 is 0 Å². The Morgan fingerprint density at radius 1 is 1.33 bits per heavy atom. The van der Waals surface area contributed by atoms with Crippen molar-refractivity contribution in [3.63, 3.8) is 0 Å². The molecular formula is C12H19NO2. The van der Waals surface area contributed by atoms with Gasteiger partial charge in [-0.1, -0.05) is 0 Å². The number of benzene rings is 1. The lowest BCUT2D eigenvalue weighted by molar-refractivity contribution is 0.332. The summed E-state index contributed by atoms with van der Waals surface area (Å²) in [7, 11) is 1.66. The molecule has 0 aromatic heterocycles. The normalized spacial score (nSPS) is 10.1. The third-order valence-electron chi connectivity index (χ3n) is 2.34. The van der Waals surface area contributed by atoms with E-state index in [2.05, 4.69) is 6.92 Å². The van der Waals surface area contributed by atoms with Gasteiger partial charge in [0.15, 0.2) is 0 Å². The average Bonchev–Trinajstić information content (AvgIpc) is 2.23. The summed E-state index contributed by atoms with van der Waals surface area (Å²) in [6, 6.07) is 3.93. The van der Waals surface area contributed by atoms with E-state index in [-0.39, 0.29) is 0 Å². The van der Waals surface area contributed by atoms with Crippen molar-refractivity contribution in [3.8, 4) is 11.5 Å². The van der Waals surface area contributed by atoms with Crippen LogP contribution in [0.3, 0.4) is 0 Å². The van der Waals surface area contributed by atoms with E-state index in [4.69, 9.17) is 15.2 Å². The van der Waals surface area contributed by atoms with Crippen LogP contribution in [0.15, 0.2) is 12.1 Å². The van der Waals surface area contributed by atoms with E-state index >= 15 is 0 Å². The molecule has 0 saturated carbocycles. The van der Waals surface area contributed by atoms with Crippen LogP contribution in [0.2, 0.25) is 0 Å². The van der Waals surface area contributed by atoms with Gasteiger partial charge in [0.25, 0.3) is 0 Å². The first-order chi connectivity index (χ1) is 7.22. The van der Waals surface area contributed by atoms with Crippen molar-refractivity contribution >= 4 is 0 Å². The van der Waals surface area contributed by atoms with Gasteiger partial charge in [-0.2, -0.15) is 0 Å². The highest BCUT2D eigenvalue weighted by molar-refractivity contribution is 5.46. The first-order valence-corrected chi connectivity index (χ1v) is 5.23. The van der Waals surface area contributed by atoms with Crippen molar-refractivity contribution in [1.82, 2.24) is 0 Å². The molecule has 0 aliphatic heterocycles. The van der Waals surface area contributed by atoms with Gasteiger partial charge in [-0.3, -0.25) is 0 Å². The Balaban J connectivity index is 3.10. The minimum Gasteiger partial charge on any atom is -0.497 e. The summed E-state index contributed by atoms with van der Waals surface area (Å²) < 4.78 is 10.8. The molecule has 1 aromatic rings. The van der Waals surface area contributed by atoms with Gasteiger partial charge in [0.1, 0.15) is 11.5 Å². The Morgan fingerprint density at radius 2 is 2.07 bits per heavy atom. The molecule has 0 unspecified atom stereocenters. The molecule has 15 heavy (non-hydrogen) atoms. The molecule has 0 amide bonds. The Morgan fingerprint density at radius 3 is 2.60 bits per heavy atom. The van der Waals surface area contributed by atoms with E-state index in [1.54, 1.807) is 7.11 Å². The molecule has 0 atom stereocenters. The lowest BCUT2D eigenvalue weighted by atomic mass is 10.0. The highest BCUT2D eigenvalue weighted by atomic mass is 16.5. The molecule has 3 heteroatoms. The van der Waals surface area contributed by atoms with Crippen molar-refractivity contribution in [2.24, 2.45) is 5.73 Å². The van der Waals surface area contributed by atoms with Crippen molar-refractivity contribution in [2.45, 2.75) is 20.3 Å². The van der Waals surface area contributed by atoms with Crippen LogP contribution in [0, 0.1) is 6.92 Å². The lowest BCUT2D eigenvalue weighted by Crippen LogP contribution is -2.07. The second-order valence-corrected chi connectivity index (χ2v) is 3.39. The zero-order chi connectivity index (χ0) is 11.3. The molecule has 0 saturated heterocycles. The molecule has 0 radical (unpaired) electrons. The zero-order valence-corrected chi connectivity index (χ0v) is 9.67. The molecule has 84 valence electrons. The highest BCUT2D eigenvalue weighted by Gasteiger charge is 2.08. The largest absolute Gasteiger partial charge is 0.497 e. The summed E-state index contributed by atoms with van der Waals surface area (Å²) in [5, 5.41) is 0. The Kier molecular flexibility index (Phi) is 4.43. The molecule has 3 nitrogen and oxygen atoms in total. The van der Waals surface area contributed by atoms with Crippen LogP contribution < -0.4 is 15.2 Å². The summed E-state index contributed by atoms with van der Waals surface area (Å²) in [6.07, 6.45) is 0.838. The number of nitrogens with two attached hydrogens (primary N) is 1. The molecule has 0 fully saturated rings. The number of aryl methyl sites for hydroxylation is 1. The molecule has 0 aliphatic carbocycles. The second-order valence-electron chi connectivity index (χ2n) is 3.39. The summed E-state index contributed by atoms with van der Waals surface area (Å²) in [5.74, 6) is 1.72. The second kappa shape index (κ2) is 5.61. The van der Waals surface area contributed by atoms with Crippen molar-refractivity contribution in [2.75, 3.05) is 20.3 Å². The predicted molar refractivity (Wildman–Crippen MR) is 61.7 cm³/mol. The number of methoxy groups -OCH3 is 1. The number of hydrogen-bond donors (Lipinski definition) is 1. The van der Waals surface area contributed by atoms with Crippen LogP contribution in [0.4, 0.5) is 0 Å². The minimum atomic E-state index is 0.632. The average molecular weight is 209 g/mol. The molecular weight excluding hydrogens is 190 g/mol. The van der Waals surface area contributed by atoms with Gasteiger partial charge in [0.2, 0.25) is 0 Å². The predicted octanol–water partition coefficient (Wildman–Crippen LogP) is 1.90. The molecule has 2 N–H and O–H groups in total. The van der Waals surface area contributed by atoms with Gasteiger partial charge in [0, 0.05) is 6.07 Å². The van der Waals surface area contributed by atoms with Gasteiger partial charge in [0.05, 0.1) is 13.7 Å². The molecule has 0 aliphatic rings. The first-order valence-electron chi connectivity index (χ1n) is 5.23. The van der Waals surface area contributed by atoms with Crippen LogP contribution in [0.25, 0.3) is 0 Å². The maximum Gasteiger partial charge on any atom is 0.126 e. The van der Waals surface area contributed by atoms with Crippen LogP contribution in [0.5, 0.6) is 11.5 Å². The summed E-state index contributed by atoms with van der Waals surface area (Å²) in [6.45, 7) is 5.31. The number of ether oxygens (including phenoxy) is 2. The number of rotatable bonds is 5. The molecule has 0 bridgehead atoms. The van der Waals surface area contributed by atoms with E-state index in [0.717, 1.165) is 17.9 Å². The zero-order valence-electron chi connectivity index (χ0n) is 9.67. The fourth-order valence-electron chi connectivity index (χ4n) is 1.62. The van der Waals surface area contributed by atoms with Crippen molar-refractivity contribution in [3.05, 3.63) is 23.3 Å². The standard InChI is InChI=1S/C12H19NO2/c1-4-15-12-8-10(14-3)7-9(2)11(12)5-6-13/h7-8H,4-6,13H2,1-3H3. The van der Waals surface area contributed by atoms with E-state index in [0.29, 0.717) is 13.2 Å². The fraction of sp³-hybridized carbons (Fsp3) is 0.500. The van der Waals surface area contributed by atoms with E-state index in [1.807, 2.05) is 19.1 Å². The Hall–Kier alpha value is -1.22. The van der Waals surface area contributed by atoms with E-state index in [9.17, 15) is 0 Å². The maximum atomic E-state index is 5.58.